The number of hydrogen-bond acceptors (Lipinski definition) is 4. The van der Waals surface area contributed by atoms with E-state index in [-0.39, 0.29) is 18.1 Å². The van der Waals surface area contributed by atoms with E-state index in [4.69, 9.17) is 16.7 Å². The van der Waals surface area contributed by atoms with Crippen LogP contribution < -0.4 is 10.6 Å². The van der Waals surface area contributed by atoms with E-state index in [1.54, 1.807) is 55.8 Å². The first-order valence-corrected chi connectivity index (χ1v) is 11.0. The monoisotopic (exact) mass is 488 g/mol. The van der Waals surface area contributed by atoms with Crippen LogP contribution in [0, 0.1) is 11.2 Å². The normalized spacial score (nSPS) is 13.4. The van der Waals surface area contributed by atoms with Gasteiger partial charge in [-0.05, 0) is 36.1 Å². The predicted octanol–water partition coefficient (Wildman–Crippen LogP) is 3.61. The number of carbonyl (C=O) groups is 3. The number of rotatable bonds is 7. The number of nitrogens with one attached hydrogen (secondary N) is 2. The van der Waals surface area contributed by atoms with Crippen molar-refractivity contribution in [1.29, 1.82) is 0 Å². The van der Waals surface area contributed by atoms with E-state index >= 15 is 0 Å². The fourth-order valence-corrected chi connectivity index (χ4v) is 3.74. The minimum Gasteiger partial charge on any atom is -0.480 e. The fraction of sp³-hybridized carbons (Fsp3) is 0.333. The van der Waals surface area contributed by atoms with Gasteiger partial charge < -0.3 is 15.7 Å². The Labute approximate surface area is 201 Å². The molecular formula is C24H26ClFN4O4. The van der Waals surface area contributed by atoms with Gasteiger partial charge in [-0.25, -0.2) is 4.39 Å². The van der Waals surface area contributed by atoms with Crippen molar-refractivity contribution in [3.63, 3.8) is 0 Å². The van der Waals surface area contributed by atoms with Gasteiger partial charge >= 0.3 is 5.97 Å². The average molecular weight is 489 g/mol. The molecule has 0 unspecified atom stereocenters. The van der Waals surface area contributed by atoms with E-state index in [0.29, 0.717) is 15.9 Å². The van der Waals surface area contributed by atoms with Gasteiger partial charge in [-0.15, -0.1) is 0 Å². The van der Waals surface area contributed by atoms with Crippen LogP contribution in [0.2, 0.25) is 5.02 Å². The molecule has 3 N–H and O–H groups in total. The Hall–Kier alpha value is -3.46. The summed E-state index contributed by atoms with van der Waals surface area (Å²) in [6.45, 7) is 6.85. The Bertz CT molecular complexity index is 1230. The number of benzene rings is 2. The van der Waals surface area contributed by atoms with Crippen molar-refractivity contribution in [2.45, 2.75) is 46.3 Å². The topological polar surface area (TPSA) is 113 Å². The van der Waals surface area contributed by atoms with Crippen LogP contribution in [0.5, 0.6) is 0 Å². The van der Waals surface area contributed by atoms with Crippen LogP contribution in [-0.2, 0) is 16.1 Å². The van der Waals surface area contributed by atoms with Crippen LogP contribution in [0.4, 0.5) is 4.39 Å². The second-order valence-electron chi connectivity index (χ2n) is 9.11. The van der Waals surface area contributed by atoms with E-state index in [0.717, 1.165) is 5.56 Å². The standard InChI is InChI=1S/C24H26ClFN4O4/c1-13(23(33)34)27-22(32)20(24(2,3)4)28-21(31)18-16-6-5-7-17(25)19(16)30(29-18)12-14-8-10-15(26)11-9-14/h5-11,13,20H,12H2,1-4H3,(H,27,32)(H,28,31)(H,33,34)/t13-,20-/m1/s1. The first-order valence-electron chi connectivity index (χ1n) is 10.6. The number of carbonyl (C=O) groups excluding carboxylic acids is 2. The molecule has 3 rings (SSSR count). The minimum absolute atomic E-state index is 0.0629. The molecule has 180 valence electrons. The summed E-state index contributed by atoms with van der Waals surface area (Å²) in [5.74, 6) is -2.78. The van der Waals surface area contributed by atoms with E-state index in [9.17, 15) is 18.8 Å². The second-order valence-corrected chi connectivity index (χ2v) is 9.52. The number of fused-ring (bicyclic) bond motifs is 1. The highest BCUT2D eigenvalue weighted by molar-refractivity contribution is 6.35. The molecule has 10 heteroatoms. The molecule has 0 aliphatic carbocycles. The van der Waals surface area contributed by atoms with E-state index in [1.165, 1.54) is 19.1 Å². The van der Waals surface area contributed by atoms with Gasteiger partial charge in [0.05, 0.1) is 17.1 Å². The molecule has 2 aromatic carbocycles. The molecule has 0 radical (unpaired) electrons. The number of carboxylic acid groups (broad SMARTS) is 1. The lowest BCUT2D eigenvalue weighted by Gasteiger charge is -2.30. The van der Waals surface area contributed by atoms with Crippen LogP contribution in [0.15, 0.2) is 42.5 Å². The van der Waals surface area contributed by atoms with Crippen LogP contribution in [-0.4, -0.2) is 44.8 Å². The zero-order chi connectivity index (χ0) is 25.2. The molecule has 3 aromatic rings. The summed E-state index contributed by atoms with van der Waals surface area (Å²) in [5, 5.41) is 19.5. The number of aromatic nitrogens is 2. The third-order valence-electron chi connectivity index (χ3n) is 5.31. The van der Waals surface area contributed by atoms with Crippen molar-refractivity contribution in [2.75, 3.05) is 0 Å². The summed E-state index contributed by atoms with van der Waals surface area (Å²) in [5.41, 5.74) is 0.623. The molecule has 1 heterocycles. The van der Waals surface area contributed by atoms with Crippen molar-refractivity contribution in [3.05, 3.63) is 64.6 Å². The summed E-state index contributed by atoms with van der Waals surface area (Å²) >= 11 is 6.42. The molecule has 2 atom stereocenters. The number of halogens is 2. The Morgan fingerprint density at radius 2 is 1.76 bits per heavy atom. The lowest BCUT2D eigenvalue weighted by molar-refractivity contribution is -0.142. The average Bonchev–Trinajstić information content (AvgIpc) is 3.12. The number of amides is 2. The molecule has 0 saturated heterocycles. The molecule has 0 fully saturated rings. The molecule has 0 saturated carbocycles. The zero-order valence-corrected chi connectivity index (χ0v) is 20.0. The highest BCUT2D eigenvalue weighted by Crippen LogP contribution is 2.28. The lowest BCUT2D eigenvalue weighted by Crippen LogP contribution is -2.56. The number of hydrogen-bond donors (Lipinski definition) is 3. The lowest BCUT2D eigenvalue weighted by atomic mass is 9.85. The smallest absolute Gasteiger partial charge is 0.325 e. The third-order valence-corrected chi connectivity index (χ3v) is 5.62. The molecule has 1 aromatic heterocycles. The summed E-state index contributed by atoms with van der Waals surface area (Å²) in [6.07, 6.45) is 0. The summed E-state index contributed by atoms with van der Waals surface area (Å²) in [7, 11) is 0. The number of nitrogens with zero attached hydrogens (tertiary/aromatic N) is 2. The Kier molecular flexibility index (Phi) is 7.26. The Morgan fingerprint density at radius 1 is 1.12 bits per heavy atom. The highest BCUT2D eigenvalue weighted by Gasteiger charge is 2.35. The van der Waals surface area contributed by atoms with Gasteiger partial charge in [0.15, 0.2) is 5.69 Å². The van der Waals surface area contributed by atoms with Crippen molar-refractivity contribution in [1.82, 2.24) is 20.4 Å². The largest absolute Gasteiger partial charge is 0.480 e. The third kappa shape index (κ3) is 5.53. The predicted molar refractivity (Wildman–Crippen MR) is 126 cm³/mol. The van der Waals surface area contributed by atoms with Gasteiger partial charge in [0, 0.05) is 5.39 Å². The highest BCUT2D eigenvalue weighted by atomic mass is 35.5. The van der Waals surface area contributed by atoms with Crippen LogP contribution >= 0.6 is 11.6 Å². The van der Waals surface area contributed by atoms with Gasteiger partial charge in [-0.2, -0.15) is 5.10 Å². The maximum atomic E-state index is 13.3. The number of carboxylic acids is 1. The first-order chi connectivity index (χ1) is 15.9. The quantitative estimate of drug-likeness (QED) is 0.470. The van der Waals surface area contributed by atoms with Gasteiger partial charge in [-0.3, -0.25) is 19.1 Å². The van der Waals surface area contributed by atoms with Crippen LogP contribution in [0.3, 0.4) is 0 Å². The van der Waals surface area contributed by atoms with Gasteiger partial charge in [-0.1, -0.05) is 56.6 Å². The van der Waals surface area contributed by atoms with Crippen LogP contribution in [0.1, 0.15) is 43.7 Å². The molecule has 0 aliphatic heterocycles. The van der Waals surface area contributed by atoms with Crippen molar-refractivity contribution < 1.29 is 23.9 Å². The Balaban J connectivity index is 1.96. The van der Waals surface area contributed by atoms with Gasteiger partial charge in [0.1, 0.15) is 17.9 Å². The van der Waals surface area contributed by atoms with Crippen molar-refractivity contribution in [2.24, 2.45) is 5.41 Å². The van der Waals surface area contributed by atoms with Gasteiger partial charge in [0.25, 0.3) is 5.91 Å². The van der Waals surface area contributed by atoms with Gasteiger partial charge in [0.2, 0.25) is 5.91 Å². The van der Waals surface area contributed by atoms with E-state index < -0.39 is 35.3 Å². The van der Waals surface area contributed by atoms with Crippen LogP contribution in [0.25, 0.3) is 10.9 Å². The first kappa shape index (κ1) is 25.2. The minimum atomic E-state index is -1.19. The molecule has 0 spiro atoms. The Morgan fingerprint density at radius 3 is 2.35 bits per heavy atom. The van der Waals surface area contributed by atoms with E-state index in [2.05, 4.69) is 15.7 Å². The summed E-state index contributed by atoms with van der Waals surface area (Å²) in [6, 6.07) is 8.81. The maximum absolute atomic E-state index is 13.3. The summed E-state index contributed by atoms with van der Waals surface area (Å²) in [4.78, 5) is 37.2. The molecule has 0 aliphatic rings. The summed E-state index contributed by atoms with van der Waals surface area (Å²) < 4.78 is 14.9. The second kappa shape index (κ2) is 9.80. The fourth-order valence-electron chi connectivity index (χ4n) is 3.47. The SMILES string of the molecule is C[C@@H](NC(=O)[C@@H](NC(=O)c1nn(Cc2ccc(F)cc2)c2c(Cl)cccc12)C(C)(C)C)C(=O)O. The molecule has 0 bridgehead atoms. The van der Waals surface area contributed by atoms with E-state index in [1.807, 2.05) is 0 Å². The van der Waals surface area contributed by atoms with Crippen molar-refractivity contribution in [3.8, 4) is 0 Å². The molecule has 34 heavy (non-hydrogen) atoms. The molecule has 8 nitrogen and oxygen atoms in total. The number of para-hydroxylation sites is 1. The molecular weight excluding hydrogens is 463 g/mol. The number of aliphatic carboxylic acids is 1. The molecule has 2 amide bonds. The van der Waals surface area contributed by atoms with Crippen molar-refractivity contribution >= 4 is 40.3 Å². The zero-order valence-electron chi connectivity index (χ0n) is 19.2. The maximum Gasteiger partial charge on any atom is 0.325 e.